The van der Waals surface area contributed by atoms with E-state index in [9.17, 15) is 13.2 Å². The van der Waals surface area contributed by atoms with Crippen LogP contribution in [0.1, 0.15) is 23.6 Å². The van der Waals surface area contributed by atoms with Gasteiger partial charge < -0.3 is 4.74 Å². The quantitative estimate of drug-likeness (QED) is 0.337. The van der Waals surface area contributed by atoms with E-state index in [2.05, 4.69) is 22.6 Å². The van der Waals surface area contributed by atoms with Crippen molar-refractivity contribution in [3.63, 3.8) is 0 Å². The summed E-state index contributed by atoms with van der Waals surface area (Å²) in [7, 11) is -2.49. The zero-order valence-electron chi connectivity index (χ0n) is 18.3. The minimum atomic E-state index is -3.98. The van der Waals surface area contributed by atoms with Crippen molar-refractivity contribution in [3.8, 4) is 5.75 Å². The third-order valence-corrected chi connectivity index (χ3v) is 7.71. The molecule has 5 nitrogen and oxygen atoms in total. The molecule has 168 valence electrons. The molecular weight excluding hydrogens is 537 g/mol. The van der Waals surface area contributed by atoms with Crippen molar-refractivity contribution < 1.29 is 17.9 Å². The van der Waals surface area contributed by atoms with E-state index >= 15 is 0 Å². The highest BCUT2D eigenvalue weighted by Crippen LogP contribution is 2.34. The third kappa shape index (κ3) is 5.50. The van der Waals surface area contributed by atoms with Crippen LogP contribution in [0.2, 0.25) is 0 Å². The Balaban J connectivity index is 2.04. The summed E-state index contributed by atoms with van der Waals surface area (Å²) in [4.78, 5) is 13.2. The van der Waals surface area contributed by atoms with Gasteiger partial charge in [0.05, 0.1) is 24.2 Å². The molecule has 7 heteroatoms. The smallest absolute Gasteiger partial charge is 0.264 e. The van der Waals surface area contributed by atoms with Gasteiger partial charge in [-0.1, -0.05) is 37.3 Å². The minimum Gasteiger partial charge on any atom is -0.495 e. The Morgan fingerprint density at radius 2 is 1.75 bits per heavy atom. The van der Waals surface area contributed by atoms with Crippen molar-refractivity contribution in [3.05, 3.63) is 87.0 Å². The summed E-state index contributed by atoms with van der Waals surface area (Å²) in [6, 6.07) is 19.5. The molecule has 0 radical (unpaired) electrons. The van der Waals surface area contributed by atoms with Gasteiger partial charge in [-0.2, -0.15) is 0 Å². The van der Waals surface area contributed by atoms with Crippen molar-refractivity contribution in [2.24, 2.45) is 0 Å². The maximum absolute atomic E-state index is 13.6. The largest absolute Gasteiger partial charge is 0.495 e. The van der Waals surface area contributed by atoms with Crippen LogP contribution in [0.25, 0.3) is 0 Å². The van der Waals surface area contributed by atoms with Crippen molar-refractivity contribution in [1.82, 2.24) is 0 Å². The number of anilines is 1. The van der Waals surface area contributed by atoms with Crippen LogP contribution in [0.3, 0.4) is 0 Å². The number of Topliss-reactive ketones (excluding diaryl/α,β-unsaturated/α-hetero) is 1. The maximum atomic E-state index is 13.6. The average Bonchev–Trinajstić information content (AvgIpc) is 2.79. The van der Waals surface area contributed by atoms with E-state index in [1.165, 1.54) is 23.5 Å². The molecule has 0 spiro atoms. The van der Waals surface area contributed by atoms with Crippen LogP contribution in [0, 0.1) is 10.5 Å². The predicted molar refractivity (Wildman–Crippen MR) is 136 cm³/mol. The Morgan fingerprint density at radius 1 is 1.03 bits per heavy atom. The molecule has 3 aromatic rings. The monoisotopic (exact) mass is 563 g/mol. The molecule has 0 aromatic heterocycles. The SMILES string of the molecule is CCc1ccc(OC)c(N(CC(=O)Cc2ccc(I)cc2C)S(=O)(=O)c2ccccc2)c1. The lowest BCUT2D eigenvalue weighted by Gasteiger charge is -2.26. The zero-order chi connectivity index (χ0) is 23.3. The molecule has 0 heterocycles. The molecule has 3 rings (SSSR count). The van der Waals surface area contributed by atoms with Crippen molar-refractivity contribution in [1.29, 1.82) is 0 Å². The molecule has 32 heavy (non-hydrogen) atoms. The molecule has 3 aromatic carbocycles. The van der Waals surface area contributed by atoms with Crippen molar-refractivity contribution in [2.45, 2.75) is 31.6 Å². The summed E-state index contributed by atoms with van der Waals surface area (Å²) in [6.45, 7) is 3.66. The van der Waals surface area contributed by atoms with Crippen LogP contribution in [-0.2, 0) is 27.7 Å². The second-order valence-corrected chi connectivity index (χ2v) is 10.6. The number of ketones is 1. The number of hydrogen-bond acceptors (Lipinski definition) is 4. The van der Waals surface area contributed by atoms with Gasteiger partial charge in [0.2, 0.25) is 0 Å². The fourth-order valence-corrected chi connectivity index (χ4v) is 5.57. The lowest BCUT2D eigenvalue weighted by atomic mass is 10.0. The van der Waals surface area contributed by atoms with Gasteiger partial charge in [-0.15, -0.1) is 0 Å². The number of carbonyl (C=O) groups is 1. The second-order valence-electron chi connectivity index (χ2n) is 7.47. The van der Waals surface area contributed by atoms with E-state index in [0.29, 0.717) is 11.4 Å². The first-order valence-electron chi connectivity index (χ1n) is 10.3. The van der Waals surface area contributed by atoms with Crippen LogP contribution in [-0.4, -0.2) is 27.9 Å². The van der Waals surface area contributed by atoms with E-state index < -0.39 is 10.0 Å². The average molecular weight is 563 g/mol. The van der Waals surface area contributed by atoms with Crippen LogP contribution in [0.5, 0.6) is 5.75 Å². The molecule has 0 saturated heterocycles. The van der Waals surface area contributed by atoms with Crippen LogP contribution in [0.4, 0.5) is 5.69 Å². The van der Waals surface area contributed by atoms with Gasteiger partial charge in [0, 0.05) is 9.99 Å². The van der Waals surface area contributed by atoms with E-state index in [4.69, 9.17) is 4.74 Å². The van der Waals surface area contributed by atoms with Crippen LogP contribution in [0.15, 0.2) is 71.6 Å². The number of ether oxygens (including phenoxy) is 1. The topological polar surface area (TPSA) is 63.7 Å². The number of carbonyl (C=O) groups excluding carboxylic acids is 1. The number of aryl methyl sites for hydroxylation is 2. The Hall–Kier alpha value is -2.39. The summed E-state index contributed by atoms with van der Waals surface area (Å²) >= 11 is 2.23. The van der Waals surface area contributed by atoms with Crippen molar-refractivity contribution in [2.75, 3.05) is 18.0 Å². The van der Waals surface area contributed by atoms with Gasteiger partial charge in [0.25, 0.3) is 10.0 Å². The first-order chi connectivity index (χ1) is 15.3. The van der Waals surface area contributed by atoms with Crippen molar-refractivity contribution >= 4 is 44.1 Å². The Morgan fingerprint density at radius 3 is 2.38 bits per heavy atom. The molecule has 0 amide bonds. The lowest BCUT2D eigenvalue weighted by molar-refractivity contribution is -0.117. The van der Waals surface area contributed by atoms with E-state index in [-0.39, 0.29) is 23.6 Å². The Kier molecular flexibility index (Phi) is 7.95. The predicted octanol–water partition coefficient (Wildman–Crippen LogP) is 5.18. The van der Waals surface area contributed by atoms with Gasteiger partial charge in [-0.3, -0.25) is 9.10 Å². The normalized spacial score (nSPS) is 11.2. The highest BCUT2D eigenvalue weighted by molar-refractivity contribution is 14.1. The number of hydrogen-bond donors (Lipinski definition) is 0. The summed E-state index contributed by atoms with van der Waals surface area (Å²) in [5, 5.41) is 0. The summed E-state index contributed by atoms with van der Waals surface area (Å²) < 4.78 is 35.0. The van der Waals surface area contributed by atoms with Crippen LogP contribution >= 0.6 is 22.6 Å². The number of nitrogens with zero attached hydrogens (tertiary/aromatic N) is 1. The molecule has 0 saturated carbocycles. The fourth-order valence-electron chi connectivity index (χ4n) is 3.46. The Bertz CT molecular complexity index is 1210. The molecule has 0 aliphatic heterocycles. The highest BCUT2D eigenvalue weighted by atomic mass is 127. The standard InChI is InChI=1S/C25H26INO4S/c1-4-19-10-13-25(31-3)24(15-19)27(32(29,30)23-8-6-5-7-9-23)17-22(28)16-20-11-12-21(26)14-18(20)2/h5-15H,4,16-17H2,1-3H3. The molecule has 0 atom stereocenters. The molecule has 0 aliphatic carbocycles. The number of methoxy groups -OCH3 is 1. The van der Waals surface area contributed by atoms with Crippen LogP contribution < -0.4 is 9.04 Å². The summed E-state index contributed by atoms with van der Waals surface area (Å²) in [5.74, 6) is 0.206. The minimum absolute atomic E-state index is 0.127. The lowest BCUT2D eigenvalue weighted by Crippen LogP contribution is -2.36. The Labute approximate surface area is 203 Å². The van der Waals surface area contributed by atoms with E-state index in [1.54, 1.807) is 30.3 Å². The number of benzene rings is 3. The summed E-state index contributed by atoms with van der Waals surface area (Å²) in [5.41, 5.74) is 3.22. The second kappa shape index (κ2) is 10.5. The van der Waals surface area contributed by atoms with Gasteiger partial charge in [0.15, 0.2) is 5.78 Å². The number of sulfonamides is 1. The molecule has 0 fully saturated rings. The van der Waals surface area contributed by atoms with Gasteiger partial charge >= 0.3 is 0 Å². The number of halogens is 1. The first kappa shape index (κ1) is 24.3. The fraction of sp³-hybridized carbons (Fsp3) is 0.240. The first-order valence-corrected chi connectivity index (χ1v) is 12.8. The van der Waals surface area contributed by atoms with Gasteiger partial charge in [0.1, 0.15) is 5.75 Å². The molecule has 0 unspecified atom stereocenters. The van der Waals surface area contributed by atoms with E-state index in [0.717, 1.165) is 26.7 Å². The number of rotatable bonds is 9. The highest BCUT2D eigenvalue weighted by Gasteiger charge is 2.29. The molecular formula is C25H26INO4S. The third-order valence-electron chi connectivity index (χ3n) is 5.26. The maximum Gasteiger partial charge on any atom is 0.264 e. The zero-order valence-corrected chi connectivity index (χ0v) is 21.3. The van der Waals surface area contributed by atoms with Gasteiger partial charge in [-0.25, -0.2) is 8.42 Å². The molecule has 0 bridgehead atoms. The molecule has 0 N–H and O–H groups in total. The summed E-state index contributed by atoms with van der Waals surface area (Å²) in [6.07, 6.45) is 0.880. The van der Waals surface area contributed by atoms with Gasteiger partial charge in [-0.05, 0) is 89.0 Å². The van der Waals surface area contributed by atoms with E-state index in [1.807, 2.05) is 38.1 Å². The molecule has 0 aliphatic rings.